The number of carbonyl (C=O) groups is 2. The third-order valence-corrected chi connectivity index (χ3v) is 9.22. The van der Waals surface area contributed by atoms with Crippen LogP contribution in [0.25, 0.3) is 21.9 Å². The molecule has 0 fully saturated rings. The van der Waals surface area contributed by atoms with Crippen LogP contribution in [0.5, 0.6) is 23.0 Å². The number of nitrogens with zero attached hydrogens (tertiary/aromatic N) is 2. The van der Waals surface area contributed by atoms with E-state index in [9.17, 15) is 9.59 Å². The van der Waals surface area contributed by atoms with E-state index in [1.54, 1.807) is 32.4 Å². The van der Waals surface area contributed by atoms with Crippen molar-refractivity contribution in [2.75, 3.05) is 52.2 Å². The number of hydrogen-bond donors (Lipinski definition) is 2. The molecular weight excluding hydrogens is 648 g/mol. The molecule has 0 spiro atoms. The first-order valence-corrected chi connectivity index (χ1v) is 16.6. The first kappa shape index (κ1) is 33.4. The minimum atomic E-state index is -0.416. The van der Waals surface area contributed by atoms with E-state index in [4.69, 9.17) is 23.4 Å². The van der Waals surface area contributed by atoms with Crippen LogP contribution in [-0.2, 0) is 19.4 Å². The van der Waals surface area contributed by atoms with Crippen molar-refractivity contribution in [1.29, 1.82) is 0 Å². The van der Waals surface area contributed by atoms with Gasteiger partial charge >= 0.3 is 0 Å². The summed E-state index contributed by atoms with van der Waals surface area (Å²) < 4.78 is 28.1. The third kappa shape index (κ3) is 6.88. The predicted molar refractivity (Wildman–Crippen MR) is 196 cm³/mol. The molecule has 2 amide bonds. The van der Waals surface area contributed by atoms with Gasteiger partial charge in [0.1, 0.15) is 11.3 Å². The number of aromatic nitrogens is 1. The molecular formula is C40H38N4O7. The number of anilines is 2. The molecule has 0 atom stereocenters. The average molecular weight is 687 g/mol. The number of carbonyl (C=O) groups excluding carboxylic acids is 2. The third-order valence-electron chi connectivity index (χ3n) is 9.22. The second-order valence-electron chi connectivity index (χ2n) is 12.3. The number of pyridine rings is 1. The predicted octanol–water partition coefficient (Wildman–Crippen LogP) is 7.12. The number of nitrogens with one attached hydrogen (secondary N) is 2. The maximum atomic E-state index is 13.6. The molecule has 0 aliphatic carbocycles. The van der Waals surface area contributed by atoms with Gasteiger partial charge in [0, 0.05) is 53.4 Å². The Morgan fingerprint density at radius 1 is 0.804 bits per heavy atom. The number of ether oxygens (including phenoxy) is 4. The molecule has 0 unspecified atom stereocenters. The molecule has 7 rings (SSSR count). The molecule has 4 aromatic carbocycles. The lowest BCUT2D eigenvalue weighted by Crippen LogP contribution is -2.31. The largest absolute Gasteiger partial charge is 0.493 e. The standard InChI is InChI=1S/C40H38N4O7/c1-47-34-18-29-28-14-16-44(23-38(28)51-33(29)21-37(34)50-4)15-13-24-9-11-27(12-10-24)42-40(46)30-19-35(48-2)36(49-3)20-32(30)43-39(45)26-17-25-7-5-6-8-31(25)41-22-26/h5-12,17-22H,13-16,23H2,1-4H3,(H,42,46)(H,43,45). The lowest BCUT2D eigenvalue weighted by Gasteiger charge is -2.26. The van der Waals surface area contributed by atoms with E-state index in [0.717, 1.165) is 65.7 Å². The van der Waals surface area contributed by atoms with Gasteiger partial charge in [0.15, 0.2) is 23.0 Å². The lowest BCUT2D eigenvalue weighted by molar-refractivity contribution is 0.102. The molecule has 3 heterocycles. The first-order valence-electron chi connectivity index (χ1n) is 16.6. The summed E-state index contributed by atoms with van der Waals surface area (Å²) in [4.78, 5) is 33.8. The van der Waals surface area contributed by atoms with Crippen LogP contribution in [0, 0.1) is 0 Å². The minimum absolute atomic E-state index is 0.214. The van der Waals surface area contributed by atoms with Crippen LogP contribution >= 0.6 is 0 Å². The van der Waals surface area contributed by atoms with Gasteiger partial charge in [0.2, 0.25) is 0 Å². The fraction of sp³-hybridized carbons (Fsp3) is 0.225. The number of methoxy groups -OCH3 is 4. The topological polar surface area (TPSA) is 124 Å². The zero-order valence-corrected chi connectivity index (χ0v) is 28.9. The summed E-state index contributed by atoms with van der Waals surface area (Å²) in [5.74, 6) is 2.22. The quantitative estimate of drug-likeness (QED) is 0.147. The van der Waals surface area contributed by atoms with Crippen molar-refractivity contribution in [3.8, 4) is 23.0 Å². The molecule has 0 saturated heterocycles. The normalized spacial score (nSPS) is 12.7. The van der Waals surface area contributed by atoms with E-state index in [1.165, 1.54) is 26.0 Å². The molecule has 0 radical (unpaired) electrons. The van der Waals surface area contributed by atoms with Crippen molar-refractivity contribution in [2.45, 2.75) is 19.4 Å². The summed E-state index contributed by atoms with van der Waals surface area (Å²) in [5, 5.41) is 7.73. The molecule has 260 valence electrons. The maximum absolute atomic E-state index is 13.6. The van der Waals surface area contributed by atoms with Gasteiger partial charge in [-0.1, -0.05) is 30.3 Å². The Labute approximate surface area is 295 Å². The van der Waals surface area contributed by atoms with Gasteiger partial charge in [-0.2, -0.15) is 0 Å². The van der Waals surface area contributed by atoms with Crippen molar-refractivity contribution >= 4 is 45.1 Å². The van der Waals surface area contributed by atoms with Gasteiger partial charge in [-0.15, -0.1) is 0 Å². The SMILES string of the molecule is COc1cc(NC(=O)c2cnc3ccccc3c2)c(C(=O)Nc2ccc(CCN3CCc4c(oc5cc(OC)c(OC)cc45)C3)cc2)cc1OC. The van der Waals surface area contributed by atoms with E-state index in [0.29, 0.717) is 34.2 Å². The number of fused-ring (bicyclic) bond motifs is 4. The van der Waals surface area contributed by atoms with E-state index in [-0.39, 0.29) is 11.3 Å². The second kappa shape index (κ2) is 14.4. The van der Waals surface area contributed by atoms with Crippen molar-refractivity contribution in [3.05, 3.63) is 113 Å². The highest BCUT2D eigenvalue weighted by Gasteiger charge is 2.24. The van der Waals surface area contributed by atoms with Crippen LogP contribution in [0.3, 0.4) is 0 Å². The Kier molecular flexibility index (Phi) is 9.45. The molecule has 2 aromatic heterocycles. The Balaban J connectivity index is 1.01. The van der Waals surface area contributed by atoms with Crippen molar-refractivity contribution in [3.63, 3.8) is 0 Å². The smallest absolute Gasteiger partial charge is 0.257 e. The van der Waals surface area contributed by atoms with Crippen LogP contribution in [0.4, 0.5) is 11.4 Å². The number of para-hydroxylation sites is 1. The second-order valence-corrected chi connectivity index (χ2v) is 12.3. The number of furan rings is 1. The van der Waals surface area contributed by atoms with Crippen LogP contribution in [-0.4, -0.2) is 63.2 Å². The van der Waals surface area contributed by atoms with Crippen LogP contribution < -0.4 is 29.6 Å². The van der Waals surface area contributed by atoms with Crippen molar-refractivity contribution in [2.24, 2.45) is 0 Å². The highest BCUT2D eigenvalue weighted by molar-refractivity contribution is 6.13. The molecule has 11 heteroatoms. The van der Waals surface area contributed by atoms with Gasteiger partial charge in [0.05, 0.1) is 57.3 Å². The summed E-state index contributed by atoms with van der Waals surface area (Å²) in [5.41, 5.74) is 5.41. The van der Waals surface area contributed by atoms with E-state index in [1.807, 2.05) is 60.7 Å². The highest BCUT2D eigenvalue weighted by Crippen LogP contribution is 2.38. The summed E-state index contributed by atoms with van der Waals surface area (Å²) in [6, 6.07) is 24.1. The summed E-state index contributed by atoms with van der Waals surface area (Å²) in [7, 11) is 6.25. The molecule has 51 heavy (non-hydrogen) atoms. The summed E-state index contributed by atoms with van der Waals surface area (Å²) in [6.07, 6.45) is 3.23. The van der Waals surface area contributed by atoms with Crippen LogP contribution in [0.2, 0.25) is 0 Å². The molecule has 11 nitrogen and oxygen atoms in total. The molecule has 1 aliphatic heterocycles. The molecule has 2 N–H and O–H groups in total. The van der Waals surface area contributed by atoms with Crippen molar-refractivity contribution in [1.82, 2.24) is 9.88 Å². The zero-order chi connectivity index (χ0) is 35.5. The number of rotatable bonds is 11. The molecule has 0 saturated carbocycles. The van der Waals surface area contributed by atoms with Gasteiger partial charge in [-0.25, -0.2) is 0 Å². The summed E-state index contributed by atoms with van der Waals surface area (Å²) in [6.45, 7) is 2.51. The average Bonchev–Trinajstić information content (AvgIpc) is 3.53. The zero-order valence-electron chi connectivity index (χ0n) is 28.9. The van der Waals surface area contributed by atoms with Gasteiger partial charge in [0.25, 0.3) is 11.8 Å². The number of amides is 2. The number of hydrogen-bond acceptors (Lipinski definition) is 9. The number of benzene rings is 4. The Morgan fingerprint density at radius 3 is 2.27 bits per heavy atom. The minimum Gasteiger partial charge on any atom is -0.493 e. The monoisotopic (exact) mass is 686 g/mol. The van der Waals surface area contributed by atoms with Crippen LogP contribution in [0.1, 0.15) is 37.6 Å². The molecule has 1 aliphatic rings. The van der Waals surface area contributed by atoms with E-state index < -0.39 is 11.8 Å². The fourth-order valence-corrected chi connectivity index (χ4v) is 6.47. The lowest BCUT2D eigenvalue weighted by atomic mass is 10.0. The van der Waals surface area contributed by atoms with Crippen molar-refractivity contribution < 1.29 is 33.0 Å². The highest BCUT2D eigenvalue weighted by atomic mass is 16.5. The Bertz CT molecular complexity index is 2250. The molecule has 6 aromatic rings. The van der Waals surface area contributed by atoms with Gasteiger partial charge in [-0.3, -0.25) is 19.5 Å². The molecule has 0 bridgehead atoms. The fourth-order valence-electron chi connectivity index (χ4n) is 6.47. The maximum Gasteiger partial charge on any atom is 0.257 e. The van der Waals surface area contributed by atoms with E-state index >= 15 is 0 Å². The Morgan fingerprint density at radius 2 is 1.51 bits per heavy atom. The van der Waals surface area contributed by atoms with E-state index in [2.05, 4.69) is 20.5 Å². The van der Waals surface area contributed by atoms with Gasteiger partial charge in [-0.05, 0) is 54.8 Å². The van der Waals surface area contributed by atoms with Crippen LogP contribution in [0.15, 0.2) is 89.5 Å². The summed E-state index contributed by atoms with van der Waals surface area (Å²) >= 11 is 0. The van der Waals surface area contributed by atoms with Gasteiger partial charge < -0.3 is 34.0 Å². The first-order chi connectivity index (χ1) is 24.9. The Hall–Kier alpha value is -6.07.